The summed E-state index contributed by atoms with van der Waals surface area (Å²) < 4.78 is 1.21. The van der Waals surface area contributed by atoms with E-state index < -0.39 is 0 Å². The molecule has 1 aromatic heterocycles. The lowest BCUT2D eigenvalue weighted by atomic mass is 9.97. The second-order valence-corrected chi connectivity index (χ2v) is 8.08. The molecule has 0 fully saturated rings. The number of aromatic nitrogens is 1. The molecule has 4 nitrogen and oxygen atoms in total. The van der Waals surface area contributed by atoms with Crippen LogP contribution in [0.3, 0.4) is 0 Å². The van der Waals surface area contributed by atoms with E-state index in [2.05, 4.69) is 82.9 Å². The van der Waals surface area contributed by atoms with E-state index in [0.717, 1.165) is 35.2 Å². The van der Waals surface area contributed by atoms with Crippen LogP contribution in [0.15, 0.2) is 30.3 Å². The van der Waals surface area contributed by atoms with Gasteiger partial charge in [0.15, 0.2) is 0 Å². The van der Waals surface area contributed by atoms with Crippen LogP contribution < -0.4 is 9.80 Å². The average molecular weight is 458 g/mol. The molecule has 0 radical (unpaired) electrons. The van der Waals surface area contributed by atoms with E-state index in [9.17, 15) is 0 Å². The smallest absolute Gasteiger partial charge is 0.0743 e. The Hall–Kier alpha value is -2.07. The SMILES string of the molecule is CN(C)c1ccc2c(CCCC#N)c3c(I)cc(N(C)C)cc3nc2c1. The van der Waals surface area contributed by atoms with E-state index in [0.29, 0.717) is 6.42 Å². The number of fused-ring (bicyclic) bond motifs is 2. The highest BCUT2D eigenvalue weighted by Gasteiger charge is 2.14. The maximum absolute atomic E-state index is 8.95. The lowest BCUT2D eigenvalue weighted by Gasteiger charge is -2.18. The van der Waals surface area contributed by atoms with E-state index in [-0.39, 0.29) is 0 Å². The fourth-order valence-corrected chi connectivity index (χ4v) is 4.16. The predicted molar refractivity (Wildman–Crippen MR) is 119 cm³/mol. The topological polar surface area (TPSA) is 43.2 Å². The summed E-state index contributed by atoms with van der Waals surface area (Å²) in [5.74, 6) is 0. The third kappa shape index (κ3) is 3.56. The molecule has 0 N–H and O–H groups in total. The van der Waals surface area contributed by atoms with Crippen molar-refractivity contribution in [3.05, 3.63) is 39.5 Å². The molecular formula is C21H23IN4. The van der Waals surface area contributed by atoms with E-state index >= 15 is 0 Å². The Morgan fingerprint density at radius 1 is 1.00 bits per heavy atom. The van der Waals surface area contributed by atoms with Gasteiger partial charge in [0.1, 0.15) is 0 Å². The number of anilines is 2. The summed E-state index contributed by atoms with van der Waals surface area (Å²) in [7, 11) is 8.19. The van der Waals surface area contributed by atoms with Crippen LogP contribution in [0.2, 0.25) is 0 Å². The maximum Gasteiger partial charge on any atom is 0.0743 e. The number of benzene rings is 2. The Morgan fingerprint density at radius 3 is 2.35 bits per heavy atom. The van der Waals surface area contributed by atoms with Crippen molar-refractivity contribution in [2.75, 3.05) is 38.0 Å². The molecule has 26 heavy (non-hydrogen) atoms. The van der Waals surface area contributed by atoms with Crippen LogP contribution >= 0.6 is 22.6 Å². The standard InChI is InChI=1S/C21H23IN4/c1-25(2)14-8-9-16-17(7-5-6-10-23)21-18(22)11-15(26(3)4)13-20(21)24-19(16)12-14/h8-9,11-13H,5-7H2,1-4H3. The van der Waals surface area contributed by atoms with Gasteiger partial charge < -0.3 is 9.80 Å². The van der Waals surface area contributed by atoms with E-state index in [1.807, 2.05) is 14.1 Å². The number of hydrogen-bond acceptors (Lipinski definition) is 4. The molecule has 134 valence electrons. The molecule has 0 amide bonds. The Morgan fingerprint density at radius 2 is 1.69 bits per heavy atom. The Labute approximate surface area is 168 Å². The fourth-order valence-electron chi connectivity index (χ4n) is 3.24. The highest BCUT2D eigenvalue weighted by molar-refractivity contribution is 14.1. The molecule has 0 atom stereocenters. The Kier molecular flexibility index (Phi) is 5.52. The highest BCUT2D eigenvalue weighted by Crippen LogP contribution is 2.34. The summed E-state index contributed by atoms with van der Waals surface area (Å²) >= 11 is 2.41. The molecule has 0 spiro atoms. The van der Waals surface area contributed by atoms with Gasteiger partial charge in [-0.25, -0.2) is 4.98 Å². The van der Waals surface area contributed by atoms with Gasteiger partial charge in [-0.1, -0.05) is 6.07 Å². The van der Waals surface area contributed by atoms with Gasteiger partial charge in [-0.2, -0.15) is 5.26 Å². The molecule has 0 unspecified atom stereocenters. The van der Waals surface area contributed by atoms with Crippen LogP contribution in [0.1, 0.15) is 18.4 Å². The van der Waals surface area contributed by atoms with Crippen molar-refractivity contribution < 1.29 is 0 Å². The van der Waals surface area contributed by atoms with E-state index in [4.69, 9.17) is 10.2 Å². The first-order valence-corrected chi connectivity index (χ1v) is 9.77. The van der Waals surface area contributed by atoms with Gasteiger partial charge in [0.2, 0.25) is 0 Å². The average Bonchev–Trinajstić information content (AvgIpc) is 2.60. The molecule has 0 saturated carbocycles. The normalized spacial score (nSPS) is 10.9. The van der Waals surface area contributed by atoms with Gasteiger partial charge in [-0.15, -0.1) is 0 Å². The number of halogens is 1. The second-order valence-electron chi connectivity index (χ2n) is 6.91. The third-order valence-electron chi connectivity index (χ3n) is 4.65. The molecule has 0 bridgehead atoms. The molecular weight excluding hydrogens is 435 g/mol. The number of nitriles is 1. The van der Waals surface area contributed by atoms with E-state index in [1.54, 1.807) is 0 Å². The molecule has 3 aromatic rings. The van der Waals surface area contributed by atoms with Crippen LogP contribution in [-0.4, -0.2) is 33.2 Å². The summed E-state index contributed by atoms with van der Waals surface area (Å²) in [6.07, 6.45) is 2.33. The number of nitrogens with zero attached hydrogens (tertiary/aromatic N) is 4. The highest BCUT2D eigenvalue weighted by atomic mass is 127. The minimum atomic E-state index is 0.577. The molecule has 0 aliphatic heterocycles. The van der Waals surface area contributed by atoms with Crippen molar-refractivity contribution in [2.24, 2.45) is 0 Å². The summed E-state index contributed by atoms with van der Waals surface area (Å²) in [6.45, 7) is 0. The molecule has 0 saturated heterocycles. The molecule has 2 aromatic carbocycles. The van der Waals surface area contributed by atoms with Crippen molar-refractivity contribution in [3.8, 4) is 6.07 Å². The summed E-state index contributed by atoms with van der Waals surface area (Å²) in [5, 5.41) is 11.4. The molecule has 1 heterocycles. The van der Waals surface area contributed by atoms with Crippen LogP contribution in [0, 0.1) is 14.9 Å². The second kappa shape index (κ2) is 7.67. The molecule has 0 aliphatic carbocycles. The summed E-state index contributed by atoms with van der Waals surface area (Å²) in [4.78, 5) is 9.20. The molecule has 0 aliphatic rings. The van der Waals surface area contributed by atoms with Gasteiger partial charge in [0, 0.05) is 60.3 Å². The first kappa shape index (κ1) is 18.7. The van der Waals surface area contributed by atoms with Crippen molar-refractivity contribution in [1.29, 1.82) is 5.26 Å². The van der Waals surface area contributed by atoms with Gasteiger partial charge in [-0.05, 0) is 65.3 Å². The minimum Gasteiger partial charge on any atom is -0.378 e. The zero-order valence-corrected chi connectivity index (χ0v) is 17.8. The zero-order valence-electron chi connectivity index (χ0n) is 15.7. The van der Waals surface area contributed by atoms with Crippen LogP contribution in [0.25, 0.3) is 21.8 Å². The number of unbranched alkanes of at least 4 members (excludes halogenated alkanes) is 1. The number of hydrogen-bond donors (Lipinski definition) is 0. The van der Waals surface area contributed by atoms with Gasteiger partial charge in [0.05, 0.1) is 17.1 Å². The van der Waals surface area contributed by atoms with E-state index in [1.165, 1.54) is 19.9 Å². The van der Waals surface area contributed by atoms with Gasteiger partial charge in [0.25, 0.3) is 0 Å². The number of rotatable bonds is 5. The third-order valence-corrected chi connectivity index (χ3v) is 5.50. The maximum atomic E-state index is 8.95. The minimum absolute atomic E-state index is 0.577. The first-order chi connectivity index (χ1) is 12.4. The number of pyridine rings is 1. The van der Waals surface area contributed by atoms with Crippen LogP contribution in [0.5, 0.6) is 0 Å². The van der Waals surface area contributed by atoms with Crippen molar-refractivity contribution in [1.82, 2.24) is 4.98 Å². The monoisotopic (exact) mass is 458 g/mol. The van der Waals surface area contributed by atoms with Crippen LogP contribution in [-0.2, 0) is 6.42 Å². The quantitative estimate of drug-likeness (QED) is 0.308. The fraction of sp³-hybridized carbons (Fsp3) is 0.333. The van der Waals surface area contributed by atoms with Crippen molar-refractivity contribution in [2.45, 2.75) is 19.3 Å². The predicted octanol–water partition coefficient (Wildman–Crippen LogP) is 4.97. The van der Waals surface area contributed by atoms with Crippen molar-refractivity contribution in [3.63, 3.8) is 0 Å². The van der Waals surface area contributed by atoms with Gasteiger partial charge >= 0.3 is 0 Å². The Balaban J connectivity index is 2.32. The number of aryl methyl sites for hydroxylation is 1. The summed E-state index contributed by atoms with van der Waals surface area (Å²) in [6, 6.07) is 13.1. The van der Waals surface area contributed by atoms with Gasteiger partial charge in [-0.3, -0.25) is 0 Å². The molecule has 5 heteroatoms. The zero-order chi connectivity index (χ0) is 18.8. The summed E-state index contributed by atoms with van der Waals surface area (Å²) in [5.41, 5.74) is 5.64. The van der Waals surface area contributed by atoms with Crippen molar-refractivity contribution >= 4 is 55.8 Å². The largest absolute Gasteiger partial charge is 0.378 e. The Bertz CT molecular complexity index is 1000. The first-order valence-electron chi connectivity index (χ1n) is 8.70. The lowest BCUT2D eigenvalue weighted by Crippen LogP contribution is -2.10. The lowest BCUT2D eigenvalue weighted by molar-refractivity contribution is 0.860. The van der Waals surface area contributed by atoms with Crippen LogP contribution in [0.4, 0.5) is 11.4 Å². The molecule has 3 rings (SSSR count).